The molecule has 1 saturated heterocycles. The number of aryl methyl sites for hydroxylation is 1. The van der Waals surface area contributed by atoms with Gasteiger partial charge in [-0.25, -0.2) is 8.42 Å². The van der Waals surface area contributed by atoms with Crippen LogP contribution in [0.2, 0.25) is 0 Å². The largest absolute Gasteiger partial charge is 0.497 e. The lowest BCUT2D eigenvalue weighted by Gasteiger charge is -2.33. The van der Waals surface area contributed by atoms with E-state index in [-0.39, 0.29) is 23.3 Å². The van der Waals surface area contributed by atoms with Crippen LogP contribution in [0.15, 0.2) is 53.4 Å². The lowest BCUT2D eigenvalue weighted by atomic mass is 9.98. The Labute approximate surface area is 173 Å². The van der Waals surface area contributed by atoms with E-state index in [2.05, 4.69) is 0 Å². The summed E-state index contributed by atoms with van der Waals surface area (Å²) in [6, 6.07) is 14.4. The minimum absolute atomic E-state index is 0.0235. The molecule has 0 saturated carbocycles. The first kappa shape index (κ1) is 21.3. The van der Waals surface area contributed by atoms with Gasteiger partial charge in [0, 0.05) is 26.7 Å². The van der Waals surface area contributed by atoms with Gasteiger partial charge < -0.3 is 9.64 Å². The molecule has 0 aliphatic carbocycles. The number of sulfonamides is 1. The molecule has 0 radical (unpaired) electrons. The van der Waals surface area contributed by atoms with Crippen molar-refractivity contribution in [2.24, 2.45) is 5.92 Å². The van der Waals surface area contributed by atoms with Gasteiger partial charge in [-0.05, 0) is 49.6 Å². The summed E-state index contributed by atoms with van der Waals surface area (Å²) in [4.78, 5) is 14.9. The molecule has 1 amide bonds. The van der Waals surface area contributed by atoms with E-state index in [1.165, 1.54) is 4.31 Å². The number of piperidine rings is 1. The zero-order valence-electron chi connectivity index (χ0n) is 17.2. The van der Waals surface area contributed by atoms with Crippen LogP contribution in [0.5, 0.6) is 5.75 Å². The summed E-state index contributed by atoms with van der Waals surface area (Å²) in [5.74, 6) is 0.420. The van der Waals surface area contributed by atoms with E-state index in [9.17, 15) is 13.2 Å². The van der Waals surface area contributed by atoms with Crippen LogP contribution in [0, 0.1) is 12.8 Å². The number of methoxy groups -OCH3 is 1. The highest BCUT2D eigenvalue weighted by Gasteiger charge is 2.34. The Hall–Kier alpha value is -2.38. The number of benzene rings is 2. The van der Waals surface area contributed by atoms with E-state index in [0.29, 0.717) is 25.9 Å². The Kier molecular flexibility index (Phi) is 6.59. The van der Waals surface area contributed by atoms with Gasteiger partial charge in [0.15, 0.2) is 0 Å². The fourth-order valence-electron chi connectivity index (χ4n) is 3.62. The highest BCUT2D eigenvalue weighted by molar-refractivity contribution is 7.89. The third kappa shape index (κ3) is 4.97. The molecule has 29 heavy (non-hydrogen) atoms. The van der Waals surface area contributed by atoms with Crippen molar-refractivity contribution in [2.75, 3.05) is 27.2 Å². The third-order valence-corrected chi connectivity index (χ3v) is 7.23. The number of amides is 1. The summed E-state index contributed by atoms with van der Waals surface area (Å²) in [6.45, 7) is 3.07. The molecule has 2 aromatic carbocycles. The molecule has 0 bridgehead atoms. The molecule has 0 aromatic heterocycles. The number of carbonyl (C=O) groups excluding carboxylic acids is 1. The summed E-state index contributed by atoms with van der Waals surface area (Å²) in [7, 11) is -0.210. The second-order valence-electron chi connectivity index (χ2n) is 7.56. The maximum atomic E-state index is 13.0. The van der Waals surface area contributed by atoms with Gasteiger partial charge in [0.2, 0.25) is 15.9 Å². The van der Waals surface area contributed by atoms with Crippen molar-refractivity contribution < 1.29 is 17.9 Å². The van der Waals surface area contributed by atoms with E-state index in [4.69, 9.17) is 4.74 Å². The fraction of sp³-hybridized carbons (Fsp3) is 0.409. The lowest BCUT2D eigenvalue weighted by molar-refractivity contribution is -0.135. The second kappa shape index (κ2) is 8.97. The average molecular weight is 417 g/mol. The summed E-state index contributed by atoms with van der Waals surface area (Å²) in [6.07, 6.45) is 1.38. The third-order valence-electron chi connectivity index (χ3n) is 5.35. The average Bonchev–Trinajstić information content (AvgIpc) is 2.74. The van der Waals surface area contributed by atoms with Gasteiger partial charge in [0.25, 0.3) is 0 Å². The smallest absolute Gasteiger partial charge is 0.243 e. The van der Waals surface area contributed by atoms with Crippen molar-refractivity contribution in [3.63, 3.8) is 0 Å². The van der Waals surface area contributed by atoms with Gasteiger partial charge in [-0.3, -0.25) is 4.79 Å². The van der Waals surface area contributed by atoms with Crippen molar-refractivity contribution in [1.82, 2.24) is 9.21 Å². The molecule has 7 heteroatoms. The lowest BCUT2D eigenvalue weighted by Crippen LogP contribution is -2.45. The first-order valence-corrected chi connectivity index (χ1v) is 11.2. The molecule has 1 aliphatic rings. The van der Waals surface area contributed by atoms with Crippen LogP contribution in [0.3, 0.4) is 0 Å². The van der Waals surface area contributed by atoms with Gasteiger partial charge in [-0.2, -0.15) is 4.31 Å². The zero-order chi connectivity index (χ0) is 21.0. The predicted octanol–water partition coefficient (Wildman–Crippen LogP) is 3.06. The number of nitrogens with zero attached hydrogens (tertiary/aromatic N) is 2. The molecular weight excluding hydrogens is 388 g/mol. The fourth-order valence-corrected chi connectivity index (χ4v) is 5.14. The zero-order valence-corrected chi connectivity index (χ0v) is 18.0. The van der Waals surface area contributed by atoms with Gasteiger partial charge in [0.1, 0.15) is 5.75 Å². The first-order chi connectivity index (χ1) is 13.8. The van der Waals surface area contributed by atoms with E-state index in [1.807, 2.05) is 31.2 Å². The Morgan fingerprint density at radius 2 is 1.79 bits per heavy atom. The van der Waals surface area contributed by atoms with Gasteiger partial charge in [-0.1, -0.05) is 29.8 Å². The van der Waals surface area contributed by atoms with E-state index in [0.717, 1.165) is 16.9 Å². The summed E-state index contributed by atoms with van der Waals surface area (Å²) in [5, 5.41) is 0. The van der Waals surface area contributed by atoms with Crippen LogP contribution in [-0.2, 0) is 21.4 Å². The van der Waals surface area contributed by atoms with Crippen LogP contribution in [0.25, 0.3) is 0 Å². The SMILES string of the molecule is COc1ccc(CN(C)C(=O)[C@@H]2CCCN(S(=O)(=O)c3ccc(C)cc3)C2)cc1. The highest BCUT2D eigenvalue weighted by Crippen LogP contribution is 2.25. The van der Waals surface area contributed by atoms with Crippen molar-refractivity contribution in [1.29, 1.82) is 0 Å². The summed E-state index contributed by atoms with van der Waals surface area (Å²) < 4.78 is 32.6. The van der Waals surface area contributed by atoms with Crippen LogP contribution < -0.4 is 4.74 Å². The molecule has 0 N–H and O–H groups in total. The first-order valence-electron chi connectivity index (χ1n) is 9.76. The van der Waals surface area contributed by atoms with E-state index >= 15 is 0 Å². The molecule has 2 aromatic rings. The monoisotopic (exact) mass is 416 g/mol. The highest BCUT2D eigenvalue weighted by atomic mass is 32.2. The normalized spacial score (nSPS) is 17.7. The maximum Gasteiger partial charge on any atom is 0.243 e. The molecule has 156 valence electrons. The van der Waals surface area contributed by atoms with Crippen LogP contribution in [-0.4, -0.2) is 50.8 Å². The van der Waals surface area contributed by atoms with Crippen molar-refractivity contribution >= 4 is 15.9 Å². The van der Waals surface area contributed by atoms with Crippen LogP contribution in [0.1, 0.15) is 24.0 Å². The number of rotatable bonds is 6. The molecule has 1 aliphatic heterocycles. The minimum Gasteiger partial charge on any atom is -0.497 e. The Balaban J connectivity index is 1.67. The number of hydrogen-bond acceptors (Lipinski definition) is 4. The molecule has 3 rings (SSSR count). The molecule has 1 heterocycles. The van der Waals surface area contributed by atoms with Crippen molar-refractivity contribution in [2.45, 2.75) is 31.2 Å². The number of carbonyl (C=O) groups is 1. The summed E-state index contributed by atoms with van der Waals surface area (Å²) >= 11 is 0. The molecule has 0 spiro atoms. The van der Waals surface area contributed by atoms with Gasteiger partial charge >= 0.3 is 0 Å². The molecule has 1 atom stereocenters. The predicted molar refractivity (Wildman–Crippen MR) is 112 cm³/mol. The van der Waals surface area contributed by atoms with Gasteiger partial charge in [-0.15, -0.1) is 0 Å². The van der Waals surface area contributed by atoms with Crippen LogP contribution >= 0.6 is 0 Å². The molecule has 6 nitrogen and oxygen atoms in total. The maximum absolute atomic E-state index is 13.0. The Bertz CT molecular complexity index is 940. The second-order valence-corrected chi connectivity index (χ2v) is 9.50. The van der Waals surface area contributed by atoms with Gasteiger partial charge in [0.05, 0.1) is 17.9 Å². The van der Waals surface area contributed by atoms with Crippen LogP contribution in [0.4, 0.5) is 0 Å². The number of hydrogen-bond donors (Lipinski definition) is 0. The van der Waals surface area contributed by atoms with Crippen molar-refractivity contribution in [3.05, 3.63) is 59.7 Å². The Morgan fingerprint density at radius 1 is 1.14 bits per heavy atom. The minimum atomic E-state index is -3.59. The van der Waals surface area contributed by atoms with Crippen molar-refractivity contribution in [3.8, 4) is 5.75 Å². The Morgan fingerprint density at radius 3 is 2.41 bits per heavy atom. The summed E-state index contributed by atoms with van der Waals surface area (Å²) in [5.41, 5.74) is 2.01. The van der Waals surface area contributed by atoms with E-state index in [1.54, 1.807) is 43.3 Å². The molecule has 1 fully saturated rings. The molecular formula is C22H28N2O4S. The topological polar surface area (TPSA) is 66.9 Å². The quantitative estimate of drug-likeness (QED) is 0.726. The number of ether oxygens (including phenoxy) is 1. The van der Waals surface area contributed by atoms with E-state index < -0.39 is 10.0 Å². The standard InChI is InChI=1S/C22H28N2O4S/c1-17-6-12-21(13-7-17)29(26,27)24-14-4-5-19(16-24)22(25)23(2)15-18-8-10-20(28-3)11-9-18/h6-13,19H,4-5,14-16H2,1-3H3/t19-/m1/s1. The molecule has 0 unspecified atom stereocenters.